The Balaban J connectivity index is 1.64. The largest absolute Gasteiger partial charge is 0.433 e. The Bertz CT molecular complexity index is 1030. The van der Waals surface area contributed by atoms with E-state index in [1.165, 1.54) is 11.0 Å². The molecule has 0 aliphatic carbocycles. The van der Waals surface area contributed by atoms with Crippen LogP contribution in [0.4, 0.5) is 13.2 Å². The van der Waals surface area contributed by atoms with Gasteiger partial charge in [0.15, 0.2) is 0 Å². The molecule has 0 radical (unpaired) electrons. The Hall–Kier alpha value is -3.17. The van der Waals surface area contributed by atoms with Crippen LogP contribution in [0.15, 0.2) is 24.3 Å². The van der Waals surface area contributed by atoms with E-state index >= 15 is 0 Å². The zero-order chi connectivity index (χ0) is 20.9. The first-order chi connectivity index (χ1) is 13.7. The molecule has 7 nitrogen and oxygen atoms in total. The number of aryl methyl sites for hydroxylation is 1. The lowest BCUT2D eigenvalue weighted by molar-refractivity contribution is -0.144. The second-order valence-electron chi connectivity index (χ2n) is 7.00. The normalized spacial score (nSPS) is 19.5. The van der Waals surface area contributed by atoms with Crippen LogP contribution in [0.2, 0.25) is 0 Å². The summed E-state index contributed by atoms with van der Waals surface area (Å²) >= 11 is 0. The Labute approximate surface area is 163 Å². The number of alkyl halides is 3. The Morgan fingerprint density at radius 3 is 2.59 bits per heavy atom. The van der Waals surface area contributed by atoms with E-state index in [1.807, 2.05) is 0 Å². The summed E-state index contributed by atoms with van der Waals surface area (Å²) in [4.78, 5) is 37.5. The Morgan fingerprint density at radius 1 is 1.21 bits per heavy atom. The number of nitrogens with one attached hydrogen (secondary N) is 1. The van der Waals surface area contributed by atoms with Gasteiger partial charge >= 0.3 is 6.18 Å². The Morgan fingerprint density at radius 2 is 1.97 bits per heavy atom. The number of rotatable bonds is 3. The first-order valence-electron chi connectivity index (χ1n) is 9.12. The smallest absolute Gasteiger partial charge is 0.322 e. The lowest BCUT2D eigenvalue weighted by Gasteiger charge is -2.29. The summed E-state index contributed by atoms with van der Waals surface area (Å²) in [5.74, 6) is -1.22. The van der Waals surface area contributed by atoms with Gasteiger partial charge < -0.3 is 4.90 Å². The maximum Gasteiger partial charge on any atom is 0.433 e. The number of hydrogen-bond acceptors (Lipinski definition) is 4. The van der Waals surface area contributed by atoms with Crippen molar-refractivity contribution in [2.75, 3.05) is 0 Å². The number of imide groups is 1. The molecule has 1 atom stereocenters. The molecule has 1 N–H and O–H groups in total. The van der Waals surface area contributed by atoms with Crippen molar-refractivity contribution in [1.82, 2.24) is 20.0 Å². The van der Waals surface area contributed by atoms with E-state index in [0.29, 0.717) is 16.7 Å². The van der Waals surface area contributed by atoms with E-state index in [-0.39, 0.29) is 43.4 Å². The fraction of sp³-hybridized carbons (Fsp3) is 0.368. The predicted molar refractivity (Wildman–Crippen MR) is 94.4 cm³/mol. The van der Waals surface area contributed by atoms with Gasteiger partial charge in [-0.2, -0.15) is 18.3 Å². The molecule has 29 heavy (non-hydrogen) atoms. The maximum absolute atomic E-state index is 13.2. The van der Waals surface area contributed by atoms with Crippen molar-refractivity contribution >= 4 is 17.7 Å². The summed E-state index contributed by atoms with van der Waals surface area (Å²) in [6.45, 7) is 1.79. The minimum absolute atomic E-state index is 0.0710. The summed E-state index contributed by atoms with van der Waals surface area (Å²) in [7, 11) is 0. The molecule has 1 aromatic carbocycles. The molecule has 3 heterocycles. The quantitative estimate of drug-likeness (QED) is 0.794. The Kier molecular flexibility index (Phi) is 4.44. The van der Waals surface area contributed by atoms with Crippen LogP contribution >= 0.6 is 0 Å². The molecule has 2 aliphatic rings. The van der Waals surface area contributed by atoms with Crippen molar-refractivity contribution in [1.29, 1.82) is 0 Å². The molecule has 1 fully saturated rings. The number of carbonyl (C=O) groups is 3. The highest BCUT2D eigenvalue weighted by molar-refractivity contribution is 6.05. The number of nitrogens with zero attached hydrogens (tertiary/aromatic N) is 3. The standard InChI is InChI=1S/C19H17F3N4O3/c1-2-26-15(19(20,21)22)8-13(24-26)10-3-4-12-11(7-10)9-25(18(12)29)14-5-6-16(27)23-17(14)28/h3-4,7-8,14H,2,5-6,9H2,1H3,(H,23,27,28). The van der Waals surface area contributed by atoms with E-state index in [9.17, 15) is 27.6 Å². The monoisotopic (exact) mass is 406 g/mol. The topological polar surface area (TPSA) is 84.3 Å². The number of hydrogen-bond donors (Lipinski definition) is 1. The van der Waals surface area contributed by atoms with Crippen LogP contribution in [-0.2, 0) is 28.9 Å². The van der Waals surface area contributed by atoms with Crippen molar-refractivity contribution in [2.45, 2.75) is 45.1 Å². The molecular weight excluding hydrogens is 389 g/mol. The van der Waals surface area contributed by atoms with Gasteiger partial charge in [0.1, 0.15) is 11.7 Å². The van der Waals surface area contributed by atoms with Crippen LogP contribution in [0.1, 0.15) is 41.4 Å². The molecule has 1 unspecified atom stereocenters. The molecule has 10 heteroatoms. The SMILES string of the molecule is CCn1nc(-c2ccc3c(c2)CN(C2CCC(=O)NC2=O)C3=O)cc1C(F)(F)F. The zero-order valence-electron chi connectivity index (χ0n) is 15.4. The summed E-state index contributed by atoms with van der Waals surface area (Å²) in [6.07, 6.45) is -4.12. The molecule has 152 valence electrons. The minimum Gasteiger partial charge on any atom is -0.322 e. The highest BCUT2D eigenvalue weighted by atomic mass is 19.4. The third-order valence-corrected chi connectivity index (χ3v) is 5.19. The molecule has 0 bridgehead atoms. The molecule has 1 aromatic heterocycles. The highest BCUT2D eigenvalue weighted by Crippen LogP contribution is 2.34. The third-order valence-electron chi connectivity index (χ3n) is 5.19. The molecule has 0 spiro atoms. The van der Waals surface area contributed by atoms with Crippen molar-refractivity contribution in [3.05, 3.63) is 41.1 Å². The number of benzene rings is 1. The van der Waals surface area contributed by atoms with E-state index in [1.54, 1.807) is 19.1 Å². The summed E-state index contributed by atoms with van der Waals surface area (Å²) in [6, 6.07) is 4.96. The van der Waals surface area contributed by atoms with Crippen LogP contribution in [0.25, 0.3) is 11.3 Å². The molecule has 0 saturated carbocycles. The molecule has 4 rings (SSSR count). The van der Waals surface area contributed by atoms with Gasteiger partial charge in [0.05, 0.1) is 5.69 Å². The van der Waals surface area contributed by atoms with Gasteiger partial charge in [0.25, 0.3) is 5.91 Å². The molecule has 2 aliphatic heterocycles. The van der Waals surface area contributed by atoms with E-state index in [4.69, 9.17) is 0 Å². The fourth-order valence-corrected chi connectivity index (χ4v) is 3.76. The predicted octanol–water partition coefficient (Wildman–Crippen LogP) is 2.35. The van der Waals surface area contributed by atoms with Gasteiger partial charge in [-0.15, -0.1) is 0 Å². The van der Waals surface area contributed by atoms with Gasteiger partial charge in [0, 0.05) is 30.6 Å². The van der Waals surface area contributed by atoms with Crippen molar-refractivity contribution in [2.24, 2.45) is 0 Å². The van der Waals surface area contributed by atoms with Gasteiger partial charge in [-0.25, -0.2) is 0 Å². The lowest BCUT2D eigenvalue weighted by Crippen LogP contribution is -2.52. The lowest BCUT2D eigenvalue weighted by atomic mass is 10.0. The molecule has 1 saturated heterocycles. The van der Waals surface area contributed by atoms with E-state index < -0.39 is 23.8 Å². The van der Waals surface area contributed by atoms with E-state index in [0.717, 1.165) is 10.7 Å². The minimum atomic E-state index is -4.52. The first kappa shape index (κ1) is 19.2. The highest BCUT2D eigenvalue weighted by Gasteiger charge is 2.39. The van der Waals surface area contributed by atoms with Crippen LogP contribution in [0.3, 0.4) is 0 Å². The number of aromatic nitrogens is 2. The van der Waals surface area contributed by atoms with Crippen LogP contribution < -0.4 is 5.32 Å². The number of piperidine rings is 1. The average Bonchev–Trinajstić information content (AvgIpc) is 3.23. The summed E-state index contributed by atoms with van der Waals surface area (Å²) < 4.78 is 40.4. The second-order valence-corrected chi connectivity index (χ2v) is 7.00. The van der Waals surface area contributed by atoms with Gasteiger partial charge in [-0.1, -0.05) is 6.07 Å². The number of halogens is 3. The van der Waals surface area contributed by atoms with Crippen LogP contribution in [-0.4, -0.2) is 38.4 Å². The molecular formula is C19H17F3N4O3. The number of fused-ring (bicyclic) bond motifs is 1. The number of carbonyl (C=O) groups excluding carboxylic acids is 3. The van der Waals surface area contributed by atoms with Gasteiger partial charge in [-0.3, -0.25) is 24.4 Å². The van der Waals surface area contributed by atoms with Crippen molar-refractivity contribution < 1.29 is 27.6 Å². The average molecular weight is 406 g/mol. The van der Waals surface area contributed by atoms with Crippen molar-refractivity contribution in [3.8, 4) is 11.3 Å². The van der Waals surface area contributed by atoms with Crippen LogP contribution in [0.5, 0.6) is 0 Å². The molecule has 2 aromatic rings. The first-order valence-corrected chi connectivity index (χ1v) is 9.12. The third kappa shape index (κ3) is 3.28. The van der Waals surface area contributed by atoms with Gasteiger partial charge in [0.2, 0.25) is 11.8 Å². The number of amides is 3. The second kappa shape index (κ2) is 6.71. The maximum atomic E-state index is 13.2. The zero-order valence-corrected chi connectivity index (χ0v) is 15.4. The van der Waals surface area contributed by atoms with Gasteiger partial charge in [-0.05, 0) is 37.1 Å². The molecule has 3 amide bonds. The van der Waals surface area contributed by atoms with E-state index in [2.05, 4.69) is 10.4 Å². The van der Waals surface area contributed by atoms with Crippen molar-refractivity contribution in [3.63, 3.8) is 0 Å². The summed E-state index contributed by atoms with van der Waals surface area (Å²) in [5.41, 5.74) is 0.784. The van der Waals surface area contributed by atoms with Crippen LogP contribution in [0, 0.1) is 0 Å². The summed E-state index contributed by atoms with van der Waals surface area (Å²) in [5, 5.41) is 6.26. The fourth-order valence-electron chi connectivity index (χ4n) is 3.76.